The quantitative estimate of drug-likeness (QED) is 0.727. The van der Waals surface area contributed by atoms with Crippen molar-refractivity contribution < 1.29 is 4.74 Å². The Labute approximate surface area is 99.3 Å². The van der Waals surface area contributed by atoms with Gasteiger partial charge in [-0.25, -0.2) is 0 Å². The molecule has 1 saturated carbocycles. The first kappa shape index (κ1) is 12.3. The molecule has 3 unspecified atom stereocenters. The van der Waals surface area contributed by atoms with Crippen LogP contribution in [0.4, 0.5) is 0 Å². The average molecular weight is 226 g/mol. The second-order valence-corrected chi connectivity index (χ2v) is 5.50. The van der Waals surface area contributed by atoms with Gasteiger partial charge in [0.05, 0.1) is 12.7 Å². The first-order valence-electron chi connectivity index (χ1n) is 6.85. The molecule has 0 aromatic heterocycles. The molecule has 0 amide bonds. The maximum atomic E-state index is 6.27. The van der Waals surface area contributed by atoms with Gasteiger partial charge in [-0.15, -0.1) is 0 Å². The Morgan fingerprint density at radius 2 is 2.06 bits per heavy atom. The van der Waals surface area contributed by atoms with Crippen LogP contribution in [0, 0.1) is 5.92 Å². The Morgan fingerprint density at radius 1 is 1.25 bits per heavy atom. The lowest BCUT2D eigenvalue weighted by Crippen LogP contribution is -2.46. The minimum absolute atomic E-state index is 0.399. The lowest BCUT2D eigenvalue weighted by atomic mass is 9.94. The topological polar surface area (TPSA) is 38.5 Å². The Bertz CT molecular complexity index is 210. The van der Waals surface area contributed by atoms with Gasteiger partial charge in [0, 0.05) is 25.7 Å². The highest BCUT2D eigenvalue weighted by Crippen LogP contribution is 2.23. The van der Waals surface area contributed by atoms with Gasteiger partial charge in [0.1, 0.15) is 0 Å². The highest BCUT2D eigenvalue weighted by molar-refractivity contribution is 4.80. The van der Waals surface area contributed by atoms with E-state index in [9.17, 15) is 0 Å². The summed E-state index contributed by atoms with van der Waals surface area (Å²) in [4.78, 5) is 2.55. The van der Waals surface area contributed by atoms with Gasteiger partial charge in [0.2, 0.25) is 0 Å². The van der Waals surface area contributed by atoms with Crippen molar-refractivity contribution in [3.05, 3.63) is 0 Å². The molecular formula is C13H26N2O. The van der Waals surface area contributed by atoms with Gasteiger partial charge in [-0.2, -0.15) is 0 Å². The van der Waals surface area contributed by atoms with Crippen molar-refractivity contribution in [1.82, 2.24) is 4.90 Å². The monoisotopic (exact) mass is 226 g/mol. The molecule has 0 aromatic carbocycles. The normalized spacial score (nSPS) is 38.2. The van der Waals surface area contributed by atoms with Crippen LogP contribution in [0.15, 0.2) is 0 Å². The zero-order chi connectivity index (χ0) is 11.4. The maximum absolute atomic E-state index is 6.27. The van der Waals surface area contributed by atoms with Gasteiger partial charge in [0.15, 0.2) is 0 Å². The number of morpholine rings is 1. The number of nitrogens with zero attached hydrogens (tertiary/aromatic N) is 1. The largest absolute Gasteiger partial charge is 0.376 e. The Morgan fingerprint density at radius 3 is 2.88 bits per heavy atom. The zero-order valence-electron chi connectivity index (χ0n) is 10.5. The van der Waals surface area contributed by atoms with Crippen LogP contribution in [-0.2, 0) is 4.74 Å². The second kappa shape index (κ2) is 5.99. The van der Waals surface area contributed by atoms with Gasteiger partial charge in [-0.3, -0.25) is 4.90 Å². The smallest absolute Gasteiger partial charge is 0.0674 e. The molecule has 0 spiro atoms. The molecule has 3 nitrogen and oxygen atoms in total. The predicted molar refractivity (Wildman–Crippen MR) is 66.4 cm³/mol. The Hall–Kier alpha value is -0.120. The fourth-order valence-corrected chi connectivity index (χ4v) is 3.03. The minimum Gasteiger partial charge on any atom is -0.376 e. The van der Waals surface area contributed by atoms with Crippen LogP contribution in [0.25, 0.3) is 0 Å². The van der Waals surface area contributed by atoms with Gasteiger partial charge < -0.3 is 10.5 Å². The molecule has 16 heavy (non-hydrogen) atoms. The third-order valence-electron chi connectivity index (χ3n) is 4.04. The third-order valence-corrected chi connectivity index (χ3v) is 4.04. The van der Waals surface area contributed by atoms with Crippen molar-refractivity contribution in [3.63, 3.8) is 0 Å². The molecule has 1 saturated heterocycles. The van der Waals surface area contributed by atoms with Gasteiger partial charge in [-0.1, -0.05) is 19.3 Å². The summed E-state index contributed by atoms with van der Waals surface area (Å²) in [6.45, 7) is 6.42. The lowest BCUT2D eigenvalue weighted by Gasteiger charge is -2.35. The first-order valence-corrected chi connectivity index (χ1v) is 6.85. The summed E-state index contributed by atoms with van der Waals surface area (Å²) in [7, 11) is 0. The molecule has 2 rings (SSSR count). The molecule has 2 N–H and O–H groups in total. The van der Waals surface area contributed by atoms with Gasteiger partial charge >= 0.3 is 0 Å². The van der Waals surface area contributed by atoms with Crippen LogP contribution in [0.1, 0.15) is 39.0 Å². The van der Waals surface area contributed by atoms with Gasteiger partial charge in [-0.05, 0) is 25.7 Å². The standard InChI is InChI=1S/C13H26N2O/c1-11-9-15(7-8-16-11)10-12-5-3-2-4-6-13(12)14/h11-13H,2-10,14H2,1H3. The molecular weight excluding hydrogens is 200 g/mol. The summed E-state index contributed by atoms with van der Waals surface area (Å²) in [5.41, 5.74) is 6.27. The maximum Gasteiger partial charge on any atom is 0.0674 e. The van der Waals surface area contributed by atoms with Crippen molar-refractivity contribution in [2.45, 2.75) is 51.2 Å². The fraction of sp³-hybridized carbons (Fsp3) is 1.00. The molecule has 0 aromatic rings. The summed E-state index contributed by atoms with van der Waals surface area (Å²) in [6, 6.07) is 0.431. The molecule has 3 atom stereocenters. The van der Waals surface area contributed by atoms with Crippen LogP contribution in [0.2, 0.25) is 0 Å². The molecule has 94 valence electrons. The Kier molecular flexibility index (Phi) is 4.62. The molecule has 0 radical (unpaired) electrons. The summed E-state index contributed by atoms with van der Waals surface area (Å²) < 4.78 is 5.58. The fourth-order valence-electron chi connectivity index (χ4n) is 3.03. The van der Waals surface area contributed by atoms with Crippen LogP contribution < -0.4 is 5.73 Å². The van der Waals surface area contributed by atoms with Crippen LogP contribution in [-0.4, -0.2) is 43.3 Å². The molecule has 3 heteroatoms. The van der Waals surface area contributed by atoms with Crippen LogP contribution in [0.3, 0.4) is 0 Å². The molecule has 2 fully saturated rings. The van der Waals surface area contributed by atoms with Gasteiger partial charge in [0.25, 0.3) is 0 Å². The third kappa shape index (κ3) is 3.44. The first-order chi connectivity index (χ1) is 7.75. The van der Waals surface area contributed by atoms with E-state index in [1.54, 1.807) is 0 Å². The van der Waals surface area contributed by atoms with E-state index < -0.39 is 0 Å². The molecule has 0 bridgehead atoms. The van der Waals surface area contributed by atoms with E-state index in [4.69, 9.17) is 10.5 Å². The average Bonchev–Trinajstić information content (AvgIpc) is 2.45. The Balaban J connectivity index is 1.82. The lowest BCUT2D eigenvalue weighted by molar-refractivity contribution is -0.0245. The van der Waals surface area contributed by atoms with E-state index in [0.717, 1.165) is 19.7 Å². The van der Waals surface area contributed by atoms with E-state index in [-0.39, 0.29) is 0 Å². The molecule has 1 aliphatic carbocycles. The molecule has 2 aliphatic rings. The van der Waals surface area contributed by atoms with Crippen molar-refractivity contribution in [2.75, 3.05) is 26.2 Å². The zero-order valence-corrected chi connectivity index (χ0v) is 10.5. The summed E-state index contributed by atoms with van der Waals surface area (Å²) in [6.07, 6.45) is 7.03. The number of hydrogen-bond acceptors (Lipinski definition) is 3. The van der Waals surface area contributed by atoms with Crippen molar-refractivity contribution in [1.29, 1.82) is 0 Å². The highest BCUT2D eigenvalue weighted by Gasteiger charge is 2.25. The van der Waals surface area contributed by atoms with Crippen LogP contribution >= 0.6 is 0 Å². The second-order valence-electron chi connectivity index (χ2n) is 5.50. The minimum atomic E-state index is 0.399. The van der Waals surface area contributed by atoms with E-state index in [2.05, 4.69) is 11.8 Å². The molecule has 1 aliphatic heterocycles. The summed E-state index contributed by atoms with van der Waals surface area (Å²) in [5, 5.41) is 0. The summed E-state index contributed by atoms with van der Waals surface area (Å²) >= 11 is 0. The van der Waals surface area contributed by atoms with Crippen molar-refractivity contribution in [3.8, 4) is 0 Å². The highest BCUT2D eigenvalue weighted by atomic mass is 16.5. The van der Waals surface area contributed by atoms with E-state index in [0.29, 0.717) is 18.1 Å². The SMILES string of the molecule is CC1CN(CC2CCCCCC2N)CCO1. The summed E-state index contributed by atoms with van der Waals surface area (Å²) in [5.74, 6) is 0.716. The van der Waals surface area contributed by atoms with Crippen LogP contribution in [0.5, 0.6) is 0 Å². The molecule has 1 heterocycles. The number of rotatable bonds is 2. The predicted octanol–water partition coefficient (Wildman–Crippen LogP) is 1.61. The number of nitrogens with two attached hydrogens (primary N) is 1. The van der Waals surface area contributed by atoms with Crippen molar-refractivity contribution in [2.24, 2.45) is 11.7 Å². The van der Waals surface area contributed by atoms with Crippen molar-refractivity contribution >= 4 is 0 Å². The van der Waals surface area contributed by atoms with E-state index >= 15 is 0 Å². The number of ether oxygens (including phenoxy) is 1. The number of hydrogen-bond donors (Lipinski definition) is 1. The van der Waals surface area contributed by atoms with E-state index in [1.807, 2.05) is 0 Å². The van der Waals surface area contributed by atoms with E-state index in [1.165, 1.54) is 38.6 Å².